The molecule has 0 bridgehead atoms. The molecule has 1 saturated carbocycles. The van der Waals surface area contributed by atoms with Gasteiger partial charge in [0.1, 0.15) is 0 Å². The third-order valence-corrected chi connectivity index (χ3v) is 6.93. The third-order valence-electron chi connectivity index (χ3n) is 5.22. The van der Waals surface area contributed by atoms with Gasteiger partial charge in [-0.1, -0.05) is 43.2 Å². The molecule has 2 aromatic carbocycles. The second-order valence-corrected chi connectivity index (χ2v) is 9.56. The summed E-state index contributed by atoms with van der Waals surface area (Å²) in [5, 5.41) is 2.92. The van der Waals surface area contributed by atoms with Crippen molar-refractivity contribution in [2.45, 2.75) is 48.8 Å². The number of nitrogens with one attached hydrogen (secondary N) is 1. The molecule has 3 N–H and O–H groups in total. The Hall–Kier alpha value is -1.89. The Morgan fingerprint density at radius 1 is 1.14 bits per heavy atom. The highest BCUT2D eigenvalue weighted by Crippen LogP contribution is 2.32. The molecule has 1 fully saturated rings. The van der Waals surface area contributed by atoms with E-state index in [2.05, 4.69) is 5.32 Å². The van der Waals surface area contributed by atoms with Crippen molar-refractivity contribution in [3.63, 3.8) is 0 Å². The number of rotatable bonds is 5. The summed E-state index contributed by atoms with van der Waals surface area (Å²) in [6, 6.07) is 15.4. The SMILES string of the molecule is CC1(N)CCCCC1C(=O)Nc1cccc(CS(=O)(=O)c2ccccc2)c1.Cl. The van der Waals surface area contributed by atoms with Gasteiger partial charge in [-0.15, -0.1) is 12.4 Å². The van der Waals surface area contributed by atoms with Crippen LogP contribution in [0.3, 0.4) is 0 Å². The first kappa shape index (κ1) is 22.4. The highest BCUT2D eigenvalue weighted by Gasteiger charge is 2.37. The molecule has 2 aromatic rings. The van der Waals surface area contributed by atoms with Crippen molar-refractivity contribution in [1.82, 2.24) is 0 Å². The Balaban J connectivity index is 0.00000280. The van der Waals surface area contributed by atoms with Crippen molar-refractivity contribution < 1.29 is 13.2 Å². The van der Waals surface area contributed by atoms with Crippen molar-refractivity contribution in [3.05, 3.63) is 60.2 Å². The Morgan fingerprint density at radius 3 is 2.54 bits per heavy atom. The minimum absolute atomic E-state index is 0. The molecule has 28 heavy (non-hydrogen) atoms. The third kappa shape index (κ3) is 5.34. The van der Waals surface area contributed by atoms with Gasteiger partial charge < -0.3 is 11.1 Å². The molecule has 0 radical (unpaired) electrons. The van der Waals surface area contributed by atoms with Crippen LogP contribution < -0.4 is 11.1 Å². The molecule has 2 unspecified atom stereocenters. The number of carbonyl (C=O) groups excluding carboxylic acids is 1. The van der Waals surface area contributed by atoms with Crippen LogP contribution in [0, 0.1) is 5.92 Å². The number of sulfone groups is 1. The van der Waals surface area contributed by atoms with Gasteiger partial charge in [0.25, 0.3) is 0 Å². The lowest BCUT2D eigenvalue weighted by Crippen LogP contribution is -2.51. The van der Waals surface area contributed by atoms with Crippen molar-refractivity contribution in [1.29, 1.82) is 0 Å². The van der Waals surface area contributed by atoms with E-state index in [1.165, 1.54) is 0 Å². The molecule has 1 amide bonds. The molecule has 7 heteroatoms. The van der Waals surface area contributed by atoms with Crippen molar-refractivity contribution in [3.8, 4) is 0 Å². The van der Waals surface area contributed by atoms with Gasteiger partial charge in [-0.3, -0.25) is 4.79 Å². The van der Waals surface area contributed by atoms with Crippen LogP contribution in [0.4, 0.5) is 5.69 Å². The Bertz CT molecular complexity index is 914. The van der Waals surface area contributed by atoms with E-state index in [0.717, 1.165) is 25.7 Å². The lowest BCUT2D eigenvalue weighted by molar-refractivity contribution is -0.122. The van der Waals surface area contributed by atoms with Gasteiger partial charge >= 0.3 is 0 Å². The van der Waals surface area contributed by atoms with Gasteiger partial charge in [0, 0.05) is 11.2 Å². The number of hydrogen-bond donors (Lipinski definition) is 2. The normalized spacial score (nSPS) is 22.1. The predicted octanol–water partition coefficient (Wildman–Crippen LogP) is 3.93. The largest absolute Gasteiger partial charge is 0.326 e. The van der Waals surface area contributed by atoms with E-state index in [9.17, 15) is 13.2 Å². The fourth-order valence-electron chi connectivity index (χ4n) is 3.69. The van der Waals surface area contributed by atoms with Crippen molar-refractivity contribution in [2.75, 3.05) is 5.32 Å². The summed E-state index contributed by atoms with van der Waals surface area (Å²) in [7, 11) is -3.43. The van der Waals surface area contributed by atoms with E-state index in [4.69, 9.17) is 5.73 Å². The minimum atomic E-state index is -3.43. The number of amides is 1. The van der Waals surface area contributed by atoms with Gasteiger partial charge in [0.2, 0.25) is 5.91 Å². The van der Waals surface area contributed by atoms with Gasteiger partial charge in [-0.25, -0.2) is 8.42 Å². The number of anilines is 1. The van der Waals surface area contributed by atoms with Gasteiger partial charge in [0.05, 0.1) is 16.6 Å². The molecule has 152 valence electrons. The quantitative estimate of drug-likeness (QED) is 0.763. The monoisotopic (exact) mass is 422 g/mol. The van der Waals surface area contributed by atoms with Crippen LogP contribution >= 0.6 is 12.4 Å². The second kappa shape index (κ2) is 9.07. The fourth-order valence-corrected chi connectivity index (χ4v) is 5.04. The highest BCUT2D eigenvalue weighted by molar-refractivity contribution is 7.90. The number of halogens is 1. The molecule has 0 aromatic heterocycles. The van der Waals surface area contributed by atoms with Crippen LogP contribution in [-0.4, -0.2) is 19.9 Å². The van der Waals surface area contributed by atoms with E-state index in [1.54, 1.807) is 54.6 Å². The van der Waals surface area contributed by atoms with Crippen LogP contribution in [0.15, 0.2) is 59.5 Å². The molecule has 0 spiro atoms. The molecular weight excluding hydrogens is 396 g/mol. The first-order valence-corrected chi connectivity index (χ1v) is 10.9. The highest BCUT2D eigenvalue weighted by atomic mass is 35.5. The Labute approximate surface area is 173 Å². The first-order chi connectivity index (χ1) is 12.8. The van der Waals surface area contributed by atoms with Crippen LogP contribution in [0.2, 0.25) is 0 Å². The molecule has 0 saturated heterocycles. The Kier molecular flexibility index (Phi) is 7.26. The summed E-state index contributed by atoms with van der Waals surface area (Å²) >= 11 is 0. The summed E-state index contributed by atoms with van der Waals surface area (Å²) in [6.07, 6.45) is 3.66. The van der Waals surface area contributed by atoms with Gasteiger partial charge in [0.15, 0.2) is 9.84 Å². The lowest BCUT2D eigenvalue weighted by atomic mass is 9.74. The maximum absolute atomic E-state index is 12.7. The van der Waals surface area contributed by atoms with Crippen LogP contribution in [0.1, 0.15) is 38.2 Å². The standard InChI is InChI=1S/C21H26N2O3S.ClH/c1-21(22)13-6-5-12-19(21)20(24)23-17-9-7-8-16(14-17)15-27(25,26)18-10-3-2-4-11-18;/h2-4,7-11,14,19H,5-6,12-13,15,22H2,1H3,(H,23,24);1H. The molecule has 1 aliphatic carbocycles. The number of carbonyl (C=O) groups is 1. The number of nitrogens with two attached hydrogens (primary N) is 1. The fraction of sp³-hybridized carbons (Fsp3) is 0.381. The molecule has 2 atom stereocenters. The lowest BCUT2D eigenvalue weighted by Gasteiger charge is -2.37. The number of benzene rings is 2. The van der Waals surface area contributed by atoms with E-state index >= 15 is 0 Å². The van der Waals surface area contributed by atoms with E-state index in [-0.39, 0.29) is 30.0 Å². The molecule has 1 aliphatic rings. The van der Waals surface area contributed by atoms with Crippen LogP contribution in [0.25, 0.3) is 0 Å². The van der Waals surface area contributed by atoms with Crippen LogP contribution in [-0.2, 0) is 20.4 Å². The van der Waals surface area contributed by atoms with Gasteiger partial charge in [-0.2, -0.15) is 0 Å². The summed E-state index contributed by atoms with van der Waals surface area (Å²) in [5.41, 5.74) is 7.04. The van der Waals surface area contributed by atoms with Crippen molar-refractivity contribution in [2.24, 2.45) is 11.7 Å². The minimum Gasteiger partial charge on any atom is -0.326 e. The zero-order valence-electron chi connectivity index (χ0n) is 15.9. The summed E-state index contributed by atoms with van der Waals surface area (Å²) in [4.78, 5) is 13.0. The molecule has 5 nitrogen and oxygen atoms in total. The van der Waals surface area contributed by atoms with Crippen molar-refractivity contribution >= 4 is 33.8 Å². The summed E-state index contributed by atoms with van der Waals surface area (Å²) in [6.45, 7) is 1.93. The predicted molar refractivity (Wildman–Crippen MR) is 114 cm³/mol. The van der Waals surface area contributed by atoms with E-state index in [0.29, 0.717) is 16.1 Å². The molecule has 0 heterocycles. The van der Waals surface area contributed by atoms with Gasteiger partial charge in [-0.05, 0) is 49.6 Å². The Morgan fingerprint density at radius 2 is 1.86 bits per heavy atom. The smallest absolute Gasteiger partial charge is 0.229 e. The second-order valence-electron chi connectivity index (χ2n) is 7.57. The zero-order chi connectivity index (χ0) is 19.5. The average molecular weight is 423 g/mol. The summed E-state index contributed by atoms with van der Waals surface area (Å²) in [5.74, 6) is -0.440. The maximum atomic E-state index is 12.7. The van der Waals surface area contributed by atoms with E-state index in [1.807, 2.05) is 6.92 Å². The maximum Gasteiger partial charge on any atom is 0.229 e. The zero-order valence-corrected chi connectivity index (χ0v) is 17.6. The average Bonchev–Trinajstić information content (AvgIpc) is 2.62. The van der Waals surface area contributed by atoms with E-state index < -0.39 is 15.4 Å². The topological polar surface area (TPSA) is 89.3 Å². The molecule has 3 rings (SSSR count). The number of hydrogen-bond acceptors (Lipinski definition) is 4. The summed E-state index contributed by atoms with van der Waals surface area (Å²) < 4.78 is 25.1. The molecular formula is C21H27ClN2O3S. The van der Waals surface area contributed by atoms with Crippen LogP contribution in [0.5, 0.6) is 0 Å². The first-order valence-electron chi connectivity index (χ1n) is 9.24. The molecule has 0 aliphatic heterocycles.